The predicted octanol–water partition coefficient (Wildman–Crippen LogP) is 2.49. The molecule has 0 unspecified atom stereocenters. The maximum atomic E-state index is 11.6. The fourth-order valence-electron chi connectivity index (χ4n) is 1.60. The Hall–Kier alpha value is -1.51. The number of hydrogen-bond acceptors (Lipinski definition) is 2. The third kappa shape index (κ3) is 5.38. The number of phenolic OH excluding ortho intramolecular Hbond substituents is 1. The van der Waals surface area contributed by atoms with Gasteiger partial charge in [-0.3, -0.25) is 4.79 Å². The topological polar surface area (TPSA) is 49.3 Å². The van der Waals surface area contributed by atoms with Crippen molar-refractivity contribution < 1.29 is 9.90 Å². The lowest BCUT2D eigenvalue weighted by Crippen LogP contribution is -2.29. The molecule has 1 aromatic carbocycles. The normalized spacial score (nSPS) is 11.2. The number of hydrogen-bond donors (Lipinski definition) is 2. The molecule has 0 heterocycles. The summed E-state index contributed by atoms with van der Waals surface area (Å²) in [5.74, 6) is 0.352. The summed E-state index contributed by atoms with van der Waals surface area (Å²) in [6.07, 6.45) is 1.18. The summed E-state index contributed by atoms with van der Waals surface area (Å²) in [6, 6.07) is 7.20. The first-order chi connectivity index (χ1) is 7.88. The second kappa shape index (κ2) is 5.71. The molecule has 0 aliphatic carbocycles. The SMILES string of the molecule is CC(C)(C)CC(=O)NCCc1ccccc1O. The molecule has 2 N–H and O–H groups in total. The molecule has 0 aliphatic heterocycles. The van der Waals surface area contributed by atoms with E-state index in [1.54, 1.807) is 12.1 Å². The molecule has 0 saturated heterocycles. The smallest absolute Gasteiger partial charge is 0.220 e. The number of amides is 1. The highest BCUT2D eigenvalue weighted by Gasteiger charge is 2.15. The molecule has 0 fully saturated rings. The van der Waals surface area contributed by atoms with Gasteiger partial charge in [-0.1, -0.05) is 39.0 Å². The number of aromatic hydroxyl groups is 1. The summed E-state index contributed by atoms with van der Waals surface area (Å²) in [5, 5.41) is 12.4. The van der Waals surface area contributed by atoms with Crippen molar-refractivity contribution >= 4 is 5.91 Å². The van der Waals surface area contributed by atoms with Crippen LogP contribution in [-0.2, 0) is 11.2 Å². The third-order valence-electron chi connectivity index (χ3n) is 2.40. The van der Waals surface area contributed by atoms with Gasteiger partial charge in [0.2, 0.25) is 5.91 Å². The van der Waals surface area contributed by atoms with Crippen LogP contribution in [0.1, 0.15) is 32.8 Å². The van der Waals surface area contributed by atoms with E-state index < -0.39 is 0 Å². The van der Waals surface area contributed by atoms with Crippen LogP contribution in [0.3, 0.4) is 0 Å². The van der Waals surface area contributed by atoms with E-state index in [0.717, 1.165) is 5.56 Å². The molecule has 0 aliphatic rings. The van der Waals surface area contributed by atoms with Gasteiger partial charge in [-0.05, 0) is 23.5 Å². The summed E-state index contributed by atoms with van der Waals surface area (Å²) in [4.78, 5) is 11.6. The van der Waals surface area contributed by atoms with E-state index in [4.69, 9.17) is 0 Å². The number of phenols is 1. The van der Waals surface area contributed by atoms with Gasteiger partial charge in [-0.2, -0.15) is 0 Å². The van der Waals surface area contributed by atoms with Gasteiger partial charge in [0.1, 0.15) is 5.75 Å². The largest absolute Gasteiger partial charge is 0.508 e. The minimum absolute atomic E-state index is 0.0129. The first kappa shape index (κ1) is 13.6. The highest BCUT2D eigenvalue weighted by atomic mass is 16.3. The van der Waals surface area contributed by atoms with Gasteiger partial charge >= 0.3 is 0 Å². The number of benzene rings is 1. The lowest BCUT2D eigenvalue weighted by Gasteiger charge is -2.17. The standard InChI is InChI=1S/C14H21NO2/c1-14(2,3)10-13(17)15-9-8-11-6-4-5-7-12(11)16/h4-7,16H,8-10H2,1-3H3,(H,15,17). The number of carbonyl (C=O) groups excluding carboxylic acids is 1. The first-order valence-electron chi connectivity index (χ1n) is 5.92. The average molecular weight is 235 g/mol. The van der Waals surface area contributed by atoms with Crippen LogP contribution in [0.2, 0.25) is 0 Å². The van der Waals surface area contributed by atoms with Crippen molar-refractivity contribution in [2.75, 3.05) is 6.54 Å². The molecule has 0 atom stereocenters. The second-order valence-corrected chi connectivity index (χ2v) is 5.47. The van der Waals surface area contributed by atoms with E-state index >= 15 is 0 Å². The van der Waals surface area contributed by atoms with Crippen LogP contribution in [0, 0.1) is 5.41 Å². The van der Waals surface area contributed by atoms with Crippen molar-refractivity contribution in [3.63, 3.8) is 0 Å². The molecule has 0 radical (unpaired) electrons. The van der Waals surface area contributed by atoms with Gasteiger partial charge in [-0.15, -0.1) is 0 Å². The Morgan fingerprint density at radius 3 is 2.53 bits per heavy atom. The van der Waals surface area contributed by atoms with Gasteiger partial charge in [-0.25, -0.2) is 0 Å². The van der Waals surface area contributed by atoms with Crippen LogP contribution in [0.4, 0.5) is 0 Å². The fraction of sp³-hybridized carbons (Fsp3) is 0.500. The molecule has 3 nitrogen and oxygen atoms in total. The first-order valence-corrected chi connectivity index (χ1v) is 5.92. The summed E-state index contributed by atoms with van der Waals surface area (Å²) < 4.78 is 0. The number of nitrogens with one attached hydrogen (secondary N) is 1. The van der Waals surface area contributed by atoms with Crippen molar-refractivity contribution in [3.05, 3.63) is 29.8 Å². The van der Waals surface area contributed by atoms with Gasteiger partial charge in [0.15, 0.2) is 0 Å². The molecule has 3 heteroatoms. The van der Waals surface area contributed by atoms with E-state index in [0.29, 0.717) is 19.4 Å². The van der Waals surface area contributed by atoms with Gasteiger partial charge < -0.3 is 10.4 Å². The Morgan fingerprint density at radius 2 is 1.94 bits per heavy atom. The average Bonchev–Trinajstić information content (AvgIpc) is 2.18. The maximum Gasteiger partial charge on any atom is 0.220 e. The Morgan fingerprint density at radius 1 is 1.29 bits per heavy atom. The zero-order chi connectivity index (χ0) is 12.9. The molecule has 0 spiro atoms. The van der Waals surface area contributed by atoms with E-state index in [1.807, 2.05) is 32.9 Å². The van der Waals surface area contributed by atoms with Crippen LogP contribution in [0.15, 0.2) is 24.3 Å². The Labute approximate surface area is 103 Å². The van der Waals surface area contributed by atoms with Gasteiger partial charge in [0.25, 0.3) is 0 Å². The summed E-state index contributed by atoms with van der Waals surface area (Å²) in [6.45, 7) is 6.67. The highest BCUT2D eigenvalue weighted by Crippen LogP contribution is 2.18. The quantitative estimate of drug-likeness (QED) is 0.842. The molecule has 1 amide bonds. The van der Waals surface area contributed by atoms with Crippen LogP contribution >= 0.6 is 0 Å². The second-order valence-electron chi connectivity index (χ2n) is 5.47. The zero-order valence-corrected chi connectivity index (χ0v) is 10.8. The van der Waals surface area contributed by atoms with E-state index in [1.165, 1.54) is 0 Å². The lowest BCUT2D eigenvalue weighted by molar-refractivity contribution is -0.122. The minimum atomic E-state index is 0.0129. The Bertz CT molecular complexity index is 380. The summed E-state index contributed by atoms with van der Waals surface area (Å²) in [7, 11) is 0. The molecule has 17 heavy (non-hydrogen) atoms. The Balaban J connectivity index is 2.34. The van der Waals surface area contributed by atoms with Crippen LogP contribution < -0.4 is 5.32 Å². The molecule has 0 aromatic heterocycles. The van der Waals surface area contributed by atoms with Crippen molar-refractivity contribution in [3.8, 4) is 5.75 Å². The molecular weight excluding hydrogens is 214 g/mol. The van der Waals surface area contributed by atoms with E-state index in [2.05, 4.69) is 5.32 Å². The molecule has 94 valence electrons. The molecule has 0 saturated carbocycles. The van der Waals surface area contributed by atoms with Crippen molar-refractivity contribution in [2.24, 2.45) is 5.41 Å². The minimum Gasteiger partial charge on any atom is -0.508 e. The monoisotopic (exact) mass is 235 g/mol. The van der Waals surface area contributed by atoms with E-state index in [-0.39, 0.29) is 17.1 Å². The van der Waals surface area contributed by atoms with Crippen LogP contribution in [0.5, 0.6) is 5.75 Å². The number of para-hydroxylation sites is 1. The van der Waals surface area contributed by atoms with Crippen LogP contribution in [0.25, 0.3) is 0 Å². The zero-order valence-electron chi connectivity index (χ0n) is 10.8. The van der Waals surface area contributed by atoms with Crippen molar-refractivity contribution in [2.45, 2.75) is 33.6 Å². The summed E-state index contributed by atoms with van der Waals surface area (Å²) >= 11 is 0. The lowest BCUT2D eigenvalue weighted by atomic mass is 9.92. The Kier molecular flexibility index (Phi) is 4.55. The number of carbonyl (C=O) groups is 1. The third-order valence-corrected chi connectivity index (χ3v) is 2.40. The molecular formula is C14H21NO2. The van der Waals surface area contributed by atoms with Crippen molar-refractivity contribution in [1.82, 2.24) is 5.32 Å². The van der Waals surface area contributed by atoms with Crippen LogP contribution in [-0.4, -0.2) is 17.6 Å². The highest BCUT2D eigenvalue weighted by molar-refractivity contribution is 5.76. The van der Waals surface area contributed by atoms with Gasteiger partial charge in [0, 0.05) is 13.0 Å². The maximum absolute atomic E-state index is 11.6. The van der Waals surface area contributed by atoms with E-state index in [9.17, 15) is 9.90 Å². The molecule has 1 aromatic rings. The fourth-order valence-corrected chi connectivity index (χ4v) is 1.60. The predicted molar refractivity (Wildman–Crippen MR) is 68.9 cm³/mol. The molecule has 0 bridgehead atoms. The summed E-state index contributed by atoms with van der Waals surface area (Å²) in [5.41, 5.74) is 0.877. The molecule has 1 rings (SSSR count). The van der Waals surface area contributed by atoms with Crippen molar-refractivity contribution in [1.29, 1.82) is 0 Å². The number of rotatable bonds is 4. The van der Waals surface area contributed by atoms with Gasteiger partial charge in [0.05, 0.1) is 0 Å².